The fourth-order valence-electron chi connectivity index (χ4n) is 1.17. The van der Waals surface area contributed by atoms with Crippen LogP contribution in [-0.4, -0.2) is 40.5 Å². The van der Waals surface area contributed by atoms with Gasteiger partial charge in [-0.15, -0.1) is 0 Å². The highest BCUT2D eigenvalue weighted by Crippen LogP contribution is 2.14. The summed E-state index contributed by atoms with van der Waals surface area (Å²) in [5.74, 6) is -1.82. The van der Waals surface area contributed by atoms with Crippen molar-refractivity contribution in [3.05, 3.63) is 0 Å². The maximum absolute atomic E-state index is 10.8. The molecule has 0 spiro atoms. The van der Waals surface area contributed by atoms with Gasteiger partial charge in [0.2, 0.25) is 5.91 Å². The maximum atomic E-state index is 10.8. The molecule has 0 aliphatic rings. The molecule has 88 valence electrons. The minimum Gasteiger partial charge on any atom is -0.481 e. The summed E-state index contributed by atoms with van der Waals surface area (Å²) in [6.07, 6.45) is 0. The SMILES string of the molecule is CC(CN(CC(N)=O)C(C)(C)C)C(=O)O. The van der Waals surface area contributed by atoms with Crippen LogP contribution in [-0.2, 0) is 9.59 Å². The van der Waals surface area contributed by atoms with E-state index in [-0.39, 0.29) is 12.1 Å². The van der Waals surface area contributed by atoms with E-state index in [0.29, 0.717) is 6.54 Å². The molecule has 0 aromatic rings. The predicted molar refractivity (Wildman–Crippen MR) is 57.3 cm³/mol. The number of nitrogens with zero attached hydrogens (tertiary/aromatic N) is 1. The van der Waals surface area contributed by atoms with Crippen LogP contribution in [0.4, 0.5) is 0 Å². The first kappa shape index (κ1) is 13.9. The third-order valence-electron chi connectivity index (χ3n) is 2.21. The Morgan fingerprint density at radius 1 is 1.40 bits per heavy atom. The second kappa shape index (κ2) is 5.11. The first-order valence-electron chi connectivity index (χ1n) is 4.90. The van der Waals surface area contributed by atoms with Gasteiger partial charge < -0.3 is 10.8 Å². The summed E-state index contributed by atoms with van der Waals surface area (Å²) in [5.41, 5.74) is 4.85. The summed E-state index contributed by atoms with van der Waals surface area (Å²) in [7, 11) is 0. The molecule has 0 aliphatic carbocycles. The second-order valence-electron chi connectivity index (χ2n) is 4.76. The number of rotatable bonds is 5. The third-order valence-corrected chi connectivity index (χ3v) is 2.21. The van der Waals surface area contributed by atoms with Gasteiger partial charge in [0.1, 0.15) is 0 Å². The van der Waals surface area contributed by atoms with E-state index in [0.717, 1.165) is 0 Å². The number of amides is 1. The van der Waals surface area contributed by atoms with Crippen LogP contribution in [0.2, 0.25) is 0 Å². The number of primary amides is 1. The minimum absolute atomic E-state index is 0.0844. The Hall–Kier alpha value is -1.10. The molecule has 0 rings (SSSR count). The molecule has 5 heteroatoms. The maximum Gasteiger partial charge on any atom is 0.307 e. The minimum atomic E-state index is -0.867. The van der Waals surface area contributed by atoms with E-state index >= 15 is 0 Å². The monoisotopic (exact) mass is 216 g/mol. The molecule has 0 saturated heterocycles. The number of carbonyl (C=O) groups is 2. The van der Waals surface area contributed by atoms with Crippen molar-refractivity contribution >= 4 is 11.9 Å². The van der Waals surface area contributed by atoms with E-state index in [9.17, 15) is 9.59 Å². The molecular formula is C10H20N2O3. The Morgan fingerprint density at radius 2 is 1.87 bits per heavy atom. The smallest absolute Gasteiger partial charge is 0.307 e. The van der Waals surface area contributed by atoms with E-state index in [4.69, 9.17) is 10.8 Å². The molecular weight excluding hydrogens is 196 g/mol. The normalized spacial score (nSPS) is 13.9. The molecule has 0 aliphatic heterocycles. The zero-order valence-corrected chi connectivity index (χ0v) is 9.78. The van der Waals surface area contributed by atoms with Crippen molar-refractivity contribution < 1.29 is 14.7 Å². The molecule has 0 aromatic carbocycles. The molecule has 3 N–H and O–H groups in total. The van der Waals surface area contributed by atoms with Crippen LogP contribution < -0.4 is 5.73 Å². The van der Waals surface area contributed by atoms with Gasteiger partial charge in [-0.1, -0.05) is 6.92 Å². The van der Waals surface area contributed by atoms with Gasteiger partial charge in [-0.2, -0.15) is 0 Å². The van der Waals surface area contributed by atoms with Crippen LogP contribution in [0.25, 0.3) is 0 Å². The van der Waals surface area contributed by atoms with Crippen molar-refractivity contribution in [2.24, 2.45) is 11.7 Å². The summed E-state index contributed by atoms with van der Waals surface area (Å²) in [6, 6.07) is 0. The fourth-order valence-corrected chi connectivity index (χ4v) is 1.17. The molecule has 0 fully saturated rings. The second-order valence-corrected chi connectivity index (χ2v) is 4.76. The van der Waals surface area contributed by atoms with Gasteiger partial charge in [0.05, 0.1) is 12.5 Å². The number of carboxylic acid groups (broad SMARTS) is 1. The molecule has 1 unspecified atom stereocenters. The van der Waals surface area contributed by atoms with Crippen molar-refractivity contribution in [1.82, 2.24) is 4.90 Å². The molecule has 0 radical (unpaired) electrons. The molecule has 1 amide bonds. The van der Waals surface area contributed by atoms with Gasteiger partial charge in [-0.05, 0) is 20.8 Å². The van der Waals surface area contributed by atoms with Crippen LogP contribution >= 0.6 is 0 Å². The van der Waals surface area contributed by atoms with E-state index in [1.165, 1.54) is 0 Å². The first-order chi connectivity index (χ1) is 6.64. The summed E-state index contributed by atoms with van der Waals surface area (Å²) in [4.78, 5) is 23.3. The van der Waals surface area contributed by atoms with Crippen molar-refractivity contribution in [3.8, 4) is 0 Å². The number of hydrogen-bond donors (Lipinski definition) is 2. The lowest BCUT2D eigenvalue weighted by molar-refractivity contribution is -0.142. The lowest BCUT2D eigenvalue weighted by Crippen LogP contribution is -2.48. The van der Waals surface area contributed by atoms with Gasteiger partial charge >= 0.3 is 5.97 Å². The number of aliphatic carboxylic acids is 1. The summed E-state index contributed by atoms with van der Waals surface area (Å²) in [5, 5.41) is 8.79. The largest absolute Gasteiger partial charge is 0.481 e. The van der Waals surface area contributed by atoms with E-state index in [2.05, 4.69) is 0 Å². The average Bonchev–Trinajstić information content (AvgIpc) is 2.00. The van der Waals surface area contributed by atoms with Crippen LogP contribution in [0.3, 0.4) is 0 Å². The number of hydrogen-bond acceptors (Lipinski definition) is 3. The Morgan fingerprint density at radius 3 is 2.13 bits per heavy atom. The van der Waals surface area contributed by atoms with E-state index in [1.807, 2.05) is 20.8 Å². The van der Waals surface area contributed by atoms with Gasteiger partial charge in [-0.3, -0.25) is 14.5 Å². The van der Waals surface area contributed by atoms with Gasteiger partial charge in [-0.25, -0.2) is 0 Å². The molecule has 0 bridgehead atoms. The van der Waals surface area contributed by atoms with Crippen LogP contribution in [0.5, 0.6) is 0 Å². The van der Waals surface area contributed by atoms with Gasteiger partial charge in [0.25, 0.3) is 0 Å². The topological polar surface area (TPSA) is 83.6 Å². The molecule has 0 aromatic heterocycles. The van der Waals surface area contributed by atoms with E-state index in [1.54, 1.807) is 11.8 Å². The van der Waals surface area contributed by atoms with Crippen LogP contribution in [0, 0.1) is 5.92 Å². The number of nitrogens with two attached hydrogens (primary N) is 1. The number of carbonyl (C=O) groups excluding carboxylic acids is 1. The first-order valence-corrected chi connectivity index (χ1v) is 4.90. The van der Waals surface area contributed by atoms with Crippen molar-refractivity contribution in [1.29, 1.82) is 0 Å². The van der Waals surface area contributed by atoms with Crippen LogP contribution in [0.1, 0.15) is 27.7 Å². The fraction of sp³-hybridized carbons (Fsp3) is 0.800. The molecule has 1 atom stereocenters. The van der Waals surface area contributed by atoms with E-state index < -0.39 is 17.8 Å². The van der Waals surface area contributed by atoms with Crippen molar-refractivity contribution in [3.63, 3.8) is 0 Å². The Kier molecular flexibility index (Phi) is 4.74. The lowest BCUT2D eigenvalue weighted by atomic mass is 10.0. The van der Waals surface area contributed by atoms with Crippen molar-refractivity contribution in [2.45, 2.75) is 33.2 Å². The average molecular weight is 216 g/mol. The van der Waals surface area contributed by atoms with Gasteiger partial charge in [0.15, 0.2) is 0 Å². The quantitative estimate of drug-likeness (QED) is 0.692. The Labute approximate surface area is 90.2 Å². The molecule has 15 heavy (non-hydrogen) atoms. The highest BCUT2D eigenvalue weighted by Gasteiger charge is 2.26. The third kappa shape index (κ3) is 5.37. The van der Waals surface area contributed by atoms with Gasteiger partial charge in [0, 0.05) is 12.1 Å². The summed E-state index contributed by atoms with van der Waals surface area (Å²) < 4.78 is 0. The zero-order chi connectivity index (χ0) is 12.2. The number of carboxylic acids is 1. The zero-order valence-electron chi connectivity index (χ0n) is 9.78. The van der Waals surface area contributed by atoms with Crippen molar-refractivity contribution in [2.75, 3.05) is 13.1 Å². The lowest BCUT2D eigenvalue weighted by Gasteiger charge is -2.35. The Balaban J connectivity index is 4.52. The highest BCUT2D eigenvalue weighted by atomic mass is 16.4. The summed E-state index contributed by atoms with van der Waals surface area (Å²) >= 11 is 0. The predicted octanol–water partition coefficient (Wildman–Crippen LogP) is 0.293. The highest BCUT2D eigenvalue weighted by molar-refractivity contribution is 5.76. The Bertz CT molecular complexity index is 246. The van der Waals surface area contributed by atoms with Crippen LogP contribution in [0.15, 0.2) is 0 Å². The molecule has 0 heterocycles. The standard InChI is InChI=1S/C10H20N2O3/c1-7(9(14)15)5-12(6-8(11)13)10(2,3)4/h7H,5-6H2,1-4H3,(H2,11,13)(H,14,15). The summed E-state index contributed by atoms with van der Waals surface area (Å²) in [6.45, 7) is 7.78. The molecule has 5 nitrogen and oxygen atoms in total. The molecule has 0 saturated carbocycles.